The standard InChI is InChI=1S/C25H21N5O4/c1-13(2)14-7-8-15-19(11-14)34-25(33)16-5-3-6-17(26)21(16)22(31)24(15,25)28-23(32)18-12-20-27-9-4-10-30(20)29-18/h3-13,33H,26H2,1-2H3,(H,28,32). The van der Waals surface area contributed by atoms with Crippen LogP contribution in [0.3, 0.4) is 0 Å². The molecule has 0 saturated carbocycles. The molecule has 0 fully saturated rings. The highest BCUT2D eigenvalue weighted by Crippen LogP contribution is 2.59. The minimum absolute atomic E-state index is 0.0411. The zero-order valence-corrected chi connectivity index (χ0v) is 18.4. The van der Waals surface area contributed by atoms with Crippen molar-refractivity contribution >= 4 is 23.0 Å². The van der Waals surface area contributed by atoms with E-state index >= 15 is 0 Å². The molecule has 9 heteroatoms. The molecular formula is C25H21N5O4. The number of nitrogens with zero attached hydrogens (tertiary/aromatic N) is 3. The van der Waals surface area contributed by atoms with Crippen molar-refractivity contribution in [2.45, 2.75) is 31.1 Å². The van der Waals surface area contributed by atoms with Gasteiger partial charge < -0.3 is 20.9 Å². The monoisotopic (exact) mass is 455 g/mol. The molecule has 2 atom stereocenters. The number of hydrogen-bond acceptors (Lipinski definition) is 7. The van der Waals surface area contributed by atoms with E-state index in [1.165, 1.54) is 10.6 Å². The highest BCUT2D eigenvalue weighted by Gasteiger charge is 2.72. The van der Waals surface area contributed by atoms with Crippen LogP contribution in [-0.4, -0.2) is 31.4 Å². The second-order valence-corrected chi connectivity index (χ2v) is 8.91. The van der Waals surface area contributed by atoms with Crippen molar-refractivity contribution in [3.05, 3.63) is 88.9 Å². The van der Waals surface area contributed by atoms with Gasteiger partial charge in [-0.15, -0.1) is 0 Å². The van der Waals surface area contributed by atoms with E-state index in [2.05, 4.69) is 15.4 Å². The fourth-order valence-electron chi connectivity index (χ4n) is 4.92. The van der Waals surface area contributed by atoms with Gasteiger partial charge in [0.15, 0.2) is 11.3 Å². The van der Waals surface area contributed by atoms with Crippen molar-refractivity contribution in [2.24, 2.45) is 0 Å². The Labute approximate surface area is 194 Å². The summed E-state index contributed by atoms with van der Waals surface area (Å²) in [6.07, 6.45) is 3.25. The predicted octanol–water partition coefficient (Wildman–Crippen LogP) is 2.49. The molecule has 2 aromatic carbocycles. The first-order valence-electron chi connectivity index (χ1n) is 10.9. The lowest BCUT2D eigenvalue weighted by Gasteiger charge is -2.34. The van der Waals surface area contributed by atoms with Crippen LogP contribution in [0.5, 0.6) is 5.75 Å². The quantitative estimate of drug-likeness (QED) is 0.404. The summed E-state index contributed by atoms with van der Waals surface area (Å²) in [4.78, 5) is 31.6. The maximum Gasteiger partial charge on any atom is 0.273 e. The summed E-state index contributed by atoms with van der Waals surface area (Å²) in [5.74, 6) is -2.87. The van der Waals surface area contributed by atoms with Crippen LogP contribution in [0.1, 0.15) is 57.3 Å². The van der Waals surface area contributed by atoms with Gasteiger partial charge in [0.2, 0.25) is 11.3 Å². The molecule has 170 valence electrons. The van der Waals surface area contributed by atoms with Gasteiger partial charge >= 0.3 is 0 Å². The molecule has 9 nitrogen and oxygen atoms in total. The normalized spacial score (nSPS) is 22.4. The number of ether oxygens (including phenoxy) is 1. The number of rotatable bonds is 3. The van der Waals surface area contributed by atoms with Gasteiger partial charge in [0.05, 0.1) is 5.56 Å². The van der Waals surface area contributed by atoms with Gasteiger partial charge in [0.25, 0.3) is 11.7 Å². The van der Waals surface area contributed by atoms with E-state index in [1.54, 1.807) is 48.8 Å². The minimum Gasteiger partial charge on any atom is -0.454 e. The van der Waals surface area contributed by atoms with E-state index in [1.807, 2.05) is 19.9 Å². The number of amides is 1. The molecule has 3 heterocycles. The average molecular weight is 455 g/mol. The second kappa shape index (κ2) is 6.64. The lowest BCUT2D eigenvalue weighted by Crippen LogP contribution is -2.60. The van der Waals surface area contributed by atoms with Crippen LogP contribution in [0.4, 0.5) is 5.69 Å². The highest BCUT2D eigenvalue weighted by atomic mass is 16.6. The first-order valence-corrected chi connectivity index (χ1v) is 10.9. The first kappa shape index (κ1) is 20.4. The lowest BCUT2D eigenvalue weighted by atomic mass is 9.82. The van der Waals surface area contributed by atoms with Crippen molar-refractivity contribution in [3.8, 4) is 5.75 Å². The van der Waals surface area contributed by atoms with Crippen LogP contribution in [0, 0.1) is 0 Å². The Balaban J connectivity index is 1.55. The maximum absolute atomic E-state index is 14.0. The average Bonchev–Trinajstić information content (AvgIpc) is 3.41. The summed E-state index contributed by atoms with van der Waals surface area (Å²) >= 11 is 0. The van der Waals surface area contributed by atoms with E-state index in [0.717, 1.165) is 5.56 Å². The topological polar surface area (TPSA) is 132 Å². The third-order valence-electron chi connectivity index (χ3n) is 6.64. The summed E-state index contributed by atoms with van der Waals surface area (Å²) in [6.45, 7) is 4.06. The molecule has 2 aliphatic rings. The molecule has 1 aliphatic heterocycles. The van der Waals surface area contributed by atoms with E-state index < -0.39 is 23.0 Å². The summed E-state index contributed by atoms with van der Waals surface area (Å²) in [7, 11) is 0. The minimum atomic E-state index is -2.18. The van der Waals surface area contributed by atoms with Crippen LogP contribution >= 0.6 is 0 Å². The molecule has 0 radical (unpaired) electrons. The van der Waals surface area contributed by atoms with Gasteiger partial charge in [-0.05, 0) is 29.7 Å². The van der Waals surface area contributed by atoms with Crippen molar-refractivity contribution in [2.75, 3.05) is 5.73 Å². The molecule has 2 unspecified atom stereocenters. The Bertz CT molecular complexity index is 1490. The van der Waals surface area contributed by atoms with E-state index in [4.69, 9.17) is 10.5 Å². The van der Waals surface area contributed by atoms with Crippen LogP contribution in [0.25, 0.3) is 5.65 Å². The van der Waals surface area contributed by atoms with Crippen LogP contribution < -0.4 is 15.8 Å². The Hall–Kier alpha value is -4.24. The molecule has 1 aliphatic carbocycles. The van der Waals surface area contributed by atoms with Gasteiger partial charge in [-0.3, -0.25) is 9.59 Å². The van der Waals surface area contributed by atoms with Crippen LogP contribution in [-0.2, 0) is 11.3 Å². The number of hydrogen-bond donors (Lipinski definition) is 3. The third kappa shape index (κ3) is 2.41. The SMILES string of the molecule is CC(C)c1ccc2c(c1)OC1(O)c3cccc(N)c3C(=O)C21NC(=O)c1cc2ncccn2n1. The number of fused-ring (bicyclic) bond motifs is 6. The number of aliphatic hydroxyl groups is 1. The Morgan fingerprint density at radius 1 is 1.18 bits per heavy atom. The number of carbonyl (C=O) groups excluding carboxylic acids is 2. The fourth-order valence-corrected chi connectivity index (χ4v) is 4.92. The number of aromatic nitrogens is 3. The molecule has 2 aromatic heterocycles. The molecule has 4 N–H and O–H groups in total. The molecule has 4 aromatic rings. The lowest BCUT2D eigenvalue weighted by molar-refractivity contribution is -0.169. The molecule has 0 spiro atoms. The predicted molar refractivity (Wildman–Crippen MR) is 122 cm³/mol. The maximum atomic E-state index is 14.0. The van der Waals surface area contributed by atoms with Crippen LogP contribution in [0.2, 0.25) is 0 Å². The van der Waals surface area contributed by atoms with E-state index in [-0.39, 0.29) is 28.4 Å². The fraction of sp³-hybridized carbons (Fsp3) is 0.200. The van der Waals surface area contributed by atoms with Gasteiger partial charge in [-0.25, -0.2) is 9.50 Å². The van der Waals surface area contributed by atoms with Gasteiger partial charge in [0, 0.05) is 35.3 Å². The van der Waals surface area contributed by atoms with E-state index in [9.17, 15) is 14.7 Å². The van der Waals surface area contributed by atoms with Gasteiger partial charge in [-0.1, -0.05) is 38.1 Å². The summed E-state index contributed by atoms with van der Waals surface area (Å²) in [5.41, 5.74) is 6.56. The zero-order chi connectivity index (χ0) is 23.8. The first-order chi connectivity index (χ1) is 16.3. The Kier molecular flexibility index (Phi) is 3.98. The molecule has 34 heavy (non-hydrogen) atoms. The molecule has 1 amide bonds. The number of ketones is 1. The summed E-state index contributed by atoms with van der Waals surface area (Å²) < 4.78 is 7.54. The third-order valence-corrected chi connectivity index (χ3v) is 6.64. The molecule has 0 bridgehead atoms. The van der Waals surface area contributed by atoms with Crippen molar-refractivity contribution in [3.63, 3.8) is 0 Å². The number of carbonyl (C=O) groups is 2. The van der Waals surface area contributed by atoms with Crippen molar-refractivity contribution < 1.29 is 19.4 Å². The van der Waals surface area contributed by atoms with Crippen molar-refractivity contribution in [1.29, 1.82) is 0 Å². The molecular weight excluding hydrogens is 434 g/mol. The van der Waals surface area contributed by atoms with Gasteiger partial charge in [-0.2, -0.15) is 5.10 Å². The summed E-state index contributed by atoms with van der Waals surface area (Å²) in [6, 6.07) is 13.4. The Morgan fingerprint density at radius 3 is 2.76 bits per heavy atom. The molecule has 0 saturated heterocycles. The number of Topliss-reactive ketones (excluding diaryl/α,β-unsaturated/α-hetero) is 1. The second-order valence-electron chi connectivity index (χ2n) is 8.91. The summed E-state index contributed by atoms with van der Waals surface area (Å²) in [5, 5.41) is 19.0. The van der Waals surface area contributed by atoms with Crippen molar-refractivity contribution in [1.82, 2.24) is 19.9 Å². The van der Waals surface area contributed by atoms with E-state index in [0.29, 0.717) is 17.0 Å². The number of benzene rings is 2. The number of anilines is 1. The smallest absolute Gasteiger partial charge is 0.273 e. The highest BCUT2D eigenvalue weighted by molar-refractivity contribution is 6.15. The largest absolute Gasteiger partial charge is 0.454 e. The van der Waals surface area contributed by atoms with Gasteiger partial charge in [0.1, 0.15) is 5.75 Å². The number of nitrogen functional groups attached to an aromatic ring is 1. The van der Waals surface area contributed by atoms with Crippen LogP contribution in [0.15, 0.2) is 60.9 Å². The Morgan fingerprint density at radius 2 is 2.00 bits per heavy atom. The molecule has 6 rings (SSSR count). The zero-order valence-electron chi connectivity index (χ0n) is 18.4. The number of nitrogens with two attached hydrogens (primary N) is 1. The number of nitrogens with one attached hydrogen (secondary N) is 1.